The van der Waals surface area contributed by atoms with Gasteiger partial charge in [0.2, 0.25) is 0 Å². The van der Waals surface area contributed by atoms with Gasteiger partial charge in [0.05, 0.1) is 12.7 Å². The topological polar surface area (TPSA) is 77.4 Å². The first kappa shape index (κ1) is 14.2. The molecule has 2 N–H and O–H groups in total. The zero-order valence-corrected chi connectivity index (χ0v) is 11.3. The molecule has 0 saturated carbocycles. The van der Waals surface area contributed by atoms with Crippen LogP contribution in [0.4, 0.5) is 0 Å². The van der Waals surface area contributed by atoms with E-state index in [0.717, 1.165) is 0 Å². The average molecular weight is 262 g/mol. The number of aliphatic hydroxyl groups is 2. The van der Waals surface area contributed by atoms with Crippen LogP contribution in [-0.4, -0.2) is 53.0 Å². The fourth-order valence-electron chi connectivity index (χ4n) is 2.26. The Bertz CT molecular complexity index is 297. The summed E-state index contributed by atoms with van der Waals surface area (Å²) in [6.07, 6.45) is -1.80. The predicted octanol–water partition coefficient (Wildman–Crippen LogP) is 0.359. The van der Waals surface area contributed by atoms with Crippen molar-refractivity contribution in [2.75, 3.05) is 6.61 Å². The fraction of sp³-hybridized carbons (Fsp3) is 1.00. The fourth-order valence-corrected chi connectivity index (χ4v) is 2.26. The van der Waals surface area contributed by atoms with Crippen molar-refractivity contribution in [1.82, 2.24) is 0 Å². The first-order valence-corrected chi connectivity index (χ1v) is 6.22. The molecule has 0 aromatic carbocycles. The van der Waals surface area contributed by atoms with Gasteiger partial charge in [-0.1, -0.05) is 0 Å². The van der Waals surface area contributed by atoms with Gasteiger partial charge in [0.15, 0.2) is 17.9 Å². The second kappa shape index (κ2) is 4.70. The molecule has 4 atom stereocenters. The van der Waals surface area contributed by atoms with E-state index in [2.05, 4.69) is 0 Å². The molecule has 2 aliphatic rings. The minimum atomic E-state index is -1.29. The molecule has 0 radical (unpaired) electrons. The van der Waals surface area contributed by atoms with Gasteiger partial charge in [0.1, 0.15) is 12.2 Å². The van der Waals surface area contributed by atoms with Crippen molar-refractivity contribution in [3.8, 4) is 0 Å². The van der Waals surface area contributed by atoms with Crippen molar-refractivity contribution in [2.45, 2.75) is 70.3 Å². The molecule has 1 unspecified atom stereocenters. The lowest BCUT2D eigenvalue weighted by Crippen LogP contribution is -2.38. The molecule has 0 aliphatic carbocycles. The van der Waals surface area contributed by atoms with E-state index in [1.165, 1.54) is 13.8 Å². The van der Waals surface area contributed by atoms with Gasteiger partial charge >= 0.3 is 0 Å². The molecule has 2 saturated heterocycles. The number of hydrogen-bond donors (Lipinski definition) is 2. The summed E-state index contributed by atoms with van der Waals surface area (Å²) in [5.41, 5.74) is 0. The van der Waals surface area contributed by atoms with E-state index in [1.807, 2.05) is 13.8 Å². The highest BCUT2D eigenvalue weighted by molar-refractivity contribution is 4.88. The third-order valence-electron chi connectivity index (χ3n) is 2.94. The highest BCUT2D eigenvalue weighted by Crippen LogP contribution is 2.33. The molecule has 6 nitrogen and oxygen atoms in total. The van der Waals surface area contributed by atoms with Crippen LogP contribution in [0.3, 0.4) is 0 Å². The molecule has 0 aromatic rings. The molecule has 0 bridgehead atoms. The van der Waals surface area contributed by atoms with Crippen LogP contribution in [0.15, 0.2) is 0 Å². The minimum Gasteiger partial charge on any atom is -0.390 e. The van der Waals surface area contributed by atoms with Crippen molar-refractivity contribution < 1.29 is 29.2 Å². The molecule has 0 aromatic heterocycles. The largest absolute Gasteiger partial charge is 0.390 e. The van der Waals surface area contributed by atoms with E-state index in [9.17, 15) is 10.2 Å². The number of ether oxygens (including phenoxy) is 4. The van der Waals surface area contributed by atoms with E-state index in [0.29, 0.717) is 13.0 Å². The Labute approximate surface area is 107 Å². The van der Waals surface area contributed by atoms with Gasteiger partial charge in [-0.05, 0) is 27.7 Å². The lowest BCUT2D eigenvalue weighted by atomic mass is 10.1. The highest BCUT2D eigenvalue weighted by atomic mass is 16.8. The van der Waals surface area contributed by atoms with Crippen molar-refractivity contribution in [2.24, 2.45) is 0 Å². The molecule has 2 aliphatic heterocycles. The van der Waals surface area contributed by atoms with Crippen LogP contribution in [0.1, 0.15) is 34.1 Å². The second-order valence-corrected chi connectivity index (χ2v) is 5.77. The smallest absolute Gasteiger partial charge is 0.164 e. The van der Waals surface area contributed by atoms with Gasteiger partial charge < -0.3 is 29.2 Å². The van der Waals surface area contributed by atoms with Gasteiger partial charge in [-0.3, -0.25) is 0 Å². The Morgan fingerprint density at radius 3 is 2.50 bits per heavy atom. The summed E-state index contributed by atoms with van der Waals surface area (Å²) in [5.74, 6) is -1.94. The Hall–Kier alpha value is -0.240. The summed E-state index contributed by atoms with van der Waals surface area (Å²) in [5, 5.41) is 19.5. The molecule has 2 rings (SSSR count). The van der Waals surface area contributed by atoms with E-state index in [-0.39, 0.29) is 6.10 Å². The summed E-state index contributed by atoms with van der Waals surface area (Å²) in [6.45, 7) is 7.06. The third kappa shape index (κ3) is 3.40. The predicted molar refractivity (Wildman–Crippen MR) is 61.6 cm³/mol. The van der Waals surface area contributed by atoms with Crippen LogP contribution in [0.25, 0.3) is 0 Å². The van der Waals surface area contributed by atoms with E-state index in [4.69, 9.17) is 18.9 Å². The van der Waals surface area contributed by atoms with Crippen LogP contribution >= 0.6 is 0 Å². The van der Waals surface area contributed by atoms with Gasteiger partial charge in [0, 0.05) is 6.42 Å². The highest BCUT2D eigenvalue weighted by Gasteiger charge is 2.46. The van der Waals surface area contributed by atoms with Gasteiger partial charge in [-0.15, -0.1) is 0 Å². The lowest BCUT2D eigenvalue weighted by molar-refractivity contribution is -0.275. The normalized spacial score (nSPS) is 40.3. The zero-order chi connectivity index (χ0) is 13.6. The van der Waals surface area contributed by atoms with Crippen LogP contribution in [-0.2, 0) is 18.9 Å². The quantitative estimate of drug-likeness (QED) is 0.715. The maximum Gasteiger partial charge on any atom is 0.164 e. The molecule has 0 amide bonds. The van der Waals surface area contributed by atoms with Gasteiger partial charge in [0.25, 0.3) is 0 Å². The third-order valence-corrected chi connectivity index (χ3v) is 2.94. The van der Waals surface area contributed by atoms with E-state index < -0.39 is 30.1 Å². The van der Waals surface area contributed by atoms with Crippen molar-refractivity contribution in [3.05, 3.63) is 0 Å². The average Bonchev–Trinajstić information content (AvgIpc) is 2.67. The first-order chi connectivity index (χ1) is 8.16. The molecular weight excluding hydrogens is 240 g/mol. The minimum absolute atomic E-state index is 0.314. The molecule has 0 spiro atoms. The first-order valence-electron chi connectivity index (χ1n) is 6.22. The van der Waals surface area contributed by atoms with Gasteiger partial charge in [-0.2, -0.15) is 0 Å². The molecule has 18 heavy (non-hydrogen) atoms. The Morgan fingerprint density at radius 1 is 1.33 bits per heavy atom. The number of aliphatic hydroxyl groups excluding tert-OH is 1. The van der Waals surface area contributed by atoms with Crippen LogP contribution in [0.5, 0.6) is 0 Å². The summed E-state index contributed by atoms with van der Waals surface area (Å²) in [6, 6.07) is 0. The summed E-state index contributed by atoms with van der Waals surface area (Å²) < 4.78 is 22.0. The maximum atomic E-state index is 9.96. The summed E-state index contributed by atoms with van der Waals surface area (Å²) in [4.78, 5) is 0. The number of hydrogen-bond acceptors (Lipinski definition) is 6. The van der Waals surface area contributed by atoms with Crippen molar-refractivity contribution in [3.63, 3.8) is 0 Å². The summed E-state index contributed by atoms with van der Waals surface area (Å²) in [7, 11) is 0. The number of rotatable bonds is 3. The maximum absolute atomic E-state index is 9.96. The molecule has 6 heteroatoms. The molecule has 2 fully saturated rings. The Kier molecular flexibility index (Phi) is 3.70. The van der Waals surface area contributed by atoms with Crippen LogP contribution in [0, 0.1) is 0 Å². The van der Waals surface area contributed by atoms with Crippen molar-refractivity contribution >= 4 is 0 Å². The molecule has 2 heterocycles. The molecule has 106 valence electrons. The molecular formula is C12H22O6. The van der Waals surface area contributed by atoms with Crippen molar-refractivity contribution in [1.29, 1.82) is 0 Å². The van der Waals surface area contributed by atoms with E-state index >= 15 is 0 Å². The second-order valence-electron chi connectivity index (χ2n) is 5.77. The standard InChI is InChI=1S/C12H22O6/c1-11(2,14)18-9-5-7(13)10(16-9)8-6-15-12(3,4)17-8/h7-10,13-14H,5-6H2,1-4H3/t7-,8?,9+,10-/m0/s1. The van der Waals surface area contributed by atoms with E-state index in [1.54, 1.807) is 0 Å². The SMILES string of the molecule is CC(C)(O)O[C@@H]1C[C@H](O)[C@@H](C2COC(C)(C)O2)O1. The Morgan fingerprint density at radius 2 is 2.00 bits per heavy atom. The lowest BCUT2D eigenvalue weighted by Gasteiger charge is -2.25. The monoisotopic (exact) mass is 262 g/mol. The van der Waals surface area contributed by atoms with Crippen LogP contribution < -0.4 is 0 Å². The Balaban J connectivity index is 1.92. The zero-order valence-electron chi connectivity index (χ0n) is 11.3. The van der Waals surface area contributed by atoms with Gasteiger partial charge in [-0.25, -0.2) is 0 Å². The van der Waals surface area contributed by atoms with Crippen LogP contribution in [0.2, 0.25) is 0 Å². The summed E-state index contributed by atoms with van der Waals surface area (Å²) >= 11 is 0.